The molecule has 0 unspecified atom stereocenters. The number of benzene rings is 7. The summed E-state index contributed by atoms with van der Waals surface area (Å²) in [5.41, 5.74) is 7.96. The van der Waals surface area contributed by atoms with Crippen LogP contribution in [0.15, 0.2) is 140 Å². The van der Waals surface area contributed by atoms with Gasteiger partial charge in [0.25, 0.3) is 0 Å². The third kappa shape index (κ3) is 4.24. The number of nitrogens with zero attached hydrogens (tertiary/aromatic N) is 3. The van der Waals surface area contributed by atoms with Crippen molar-refractivity contribution in [3.05, 3.63) is 151 Å². The Labute approximate surface area is 281 Å². The summed E-state index contributed by atoms with van der Waals surface area (Å²) in [6, 6.07) is 49.8. The highest BCUT2D eigenvalue weighted by Crippen LogP contribution is 2.56. The topological polar surface area (TPSA) is 38.7 Å². The molecule has 1 heterocycles. The van der Waals surface area contributed by atoms with Crippen LogP contribution in [0, 0.1) is 0 Å². The lowest BCUT2D eigenvalue weighted by atomic mass is 9.55. The number of hydrogen-bond donors (Lipinski definition) is 0. The first kappa shape index (κ1) is 28.5. The molecular formula is C45H35N3. The molecule has 230 valence electrons. The Morgan fingerprint density at radius 3 is 1.71 bits per heavy atom. The lowest BCUT2D eigenvalue weighted by Crippen LogP contribution is -2.43. The Bertz CT molecular complexity index is 2560. The molecular weight excluding hydrogens is 583 g/mol. The van der Waals surface area contributed by atoms with E-state index >= 15 is 0 Å². The summed E-state index contributed by atoms with van der Waals surface area (Å²) in [7, 11) is 0. The molecule has 48 heavy (non-hydrogen) atoms. The second-order valence-electron chi connectivity index (χ2n) is 14.1. The molecule has 0 fully saturated rings. The van der Waals surface area contributed by atoms with Crippen LogP contribution in [0.1, 0.15) is 38.8 Å². The van der Waals surface area contributed by atoms with Gasteiger partial charge in [-0.2, -0.15) is 0 Å². The van der Waals surface area contributed by atoms with Gasteiger partial charge in [-0.25, -0.2) is 15.0 Å². The van der Waals surface area contributed by atoms with Gasteiger partial charge in [-0.05, 0) is 77.5 Å². The lowest BCUT2D eigenvalue weighted by Gasteiger charge is -2.48. The zero-order valence-electron chi connectivity index (χ0n) is 27.6. The second-order valence-corrected chi connectivity index (χ2v) is 14.1. The largest absolute Gasteiger partial charge is 0.208 e. The van der Waals surface area contributed by atoms with Gasteiger partial charge in [0.15, 0.2) is 17.5 Å². The predicted octanol–water partition coefficient (Wildman–Crippen LogP) is 11.6. The van der Waals surface area contributed by atoms with E-state index in [0.717, 1.165) is 22.1 Å². The molecule has 8 aromatic rings. The van der Waals surface area contributed by atoms with Crippen molar-refractivity contribution in [3.63, 3.8) is 0 Å². The van der Waals surface area contributed by atoms with E-state index in [9.17, 15) is 0 Å². The third-order valence-corrected chi connectivity index (χ3v) is 11.0. The van der Waals surface area contributed by atoms with Gasteiger partial charge in [-0.15, -0.1) is 0 Å². The molecule has 9 rings (SSSR count). The quantitative estimate of drug-likeness (QED) is 0.185. The van der Waals surface area contributed by atoms with Crippen LogP contribution in [0.25, 0.3) is 77.6 Å². The van der Waals surface area contributed by atoms with Gasteiger partial charge >= 0.3 is 0 Å². The molecule has 0 aliphatic heterocycles. The molecule has 1 aliphatic carbocycles. The average Bonchev–Trinajstić information content (AvgIpc) is 3.13. The molecule has 0 N–H and O–H groups in total. The standard InChI is InChI=1S/C45H35N3/c1-44(2)37-25-23-30-20-19-29-13-10-11-17-35(29)39(30)40(37)36-24-22-34(27-38(36)45(44,3)4)43-47-41(31-14-6-5-7-15-31)46-42(48-43)33-21-18-28-12-8-9-16-32(28)26-33/h5-27H,1-4H3. The predicted molar refractivity (Wildman–Crippen MR) is 200 cm³/mol. The zero-order valence-corrected chi connectivity index (χ0v) is 27.6. The minimum absolute atomic E-state index is 0.135. The van der Waals surface area contributed by atoms with Crippen LogP contribution in [0.3, 0.4) is 0 Å². The number of rotatable bonds is 3. The number of aromatic nitrogens is 3. The molecule has 7 aromatic carbocycles. The van der Waals surface area contributed by atoms with E-state index in [-0.39, 0.29) is 10.8 Å². The fourth-order valence-electron chi connectivity index (χ4n) is 7.67. The van der Waals surface area contributed by atoms with Crippen LogP contribution in [0.5, 0.6) is 0 Å². The van der Waals surface area contributed by atoms with Crippen molar-refractivity contribution >= 4 is 32.3 Å². The van der Waals surface area contributed by atoms with Crippen molar-refractivity contribution in [3.8, 4) is 45.3 Å². The van der Waals surface area contributed by atoms with Crippen LogP contribution in [0.2, 0.25) is 0 Å². The summed E-state index contributed by atoms with van der Waals surface area (Å²) in [4.78, 5) is 15.3. The van der Waals surface area contributed by atoms with Crippen LogP contribution in [0.4, 0.5) is 0 Å². The first-order chi connectivity index (χ1) is 23.3. The van der Waals surface area contributed by atoms with E-state index in [0.29, 0.717) is 17.5 Å². The van der Waals surface area contributed by atoms with E-state index < -0.39 is 0 Å². The molecule has 3 nitrogen and oxygen atoms in total. The monoisotopic (exact) mass is 617 g/mol. The molecule has 0 radical (unpaired) electrons. The fraction of sp³-hybridized carbons (Fsp3) is 0.133. The first-order valence-corrected chi connectivity index (χ1v) is 16.7. The van der Waals surface area contributed by atoms with Gasteiger partial charge in [-0.3, -0.25) is 0 Å². The van der Waals surface area contributed by atoms with Crippen molar-refractivity contribution in [2.24, 2.45) is 0 Å². The summed E-state index contributed by atoms with van der Waals surface area (Å²) < 4.78 is 0. The Hall–Kier alpha value is -5.67. The summed E-state index contributed by atoms with van der Waals surface area (Å²) >= 11 is 0. The molecule has 1 aliphatic rings. The SMILES string of the molecule is CC1(C)c2cc(-c3nc(-c4ccccc4)nc(-c4ccc5ccccc5c4)n3)ccc2-c2c(ccc3ccc4ccccc4c23)C1(C)C. The Balaban J connectivity index is 1.29. The van der Waals surface area contributed by atoms with E-state index in [1.165, 1.54) is 49.2 Å². The highest BCUT2D eigenvalue weighted by atomic mass is 15.0. The highest BCUT2D eigenvalue weighted by Gasteiger charge is 2.46. The summed E-state index contributed by atoms with van der Waals surface area (Å²) in [5.74, 6) is 2.02. The lowest BCUT2D eigenvalue weighted by molar-refractivity contribution is 0.299. The van der Waals surface area contributed by atoms with Crippen LogP contribution in [-0.2, 0) is 10.8 Å². The molecule has 0 saturated carbocycles. The van der Waals surface area contributed by atoms with Gasteiger partial charge < -0.3 is 0 Å². The van der Waals surface area contributed by atoms with Gasteiger partial charge in [0.1, 0.15) is 0 Å². The molecule has 0 bridgehead atoms. The molecule has 0 spiro atoms. The molecule has 0 atom stereocenters. The normalized spacial score (nSPS) is 14.6. The van der Waals surface area contributed by atoms with Gasteiger partial charge in [0.2, 0.25) is 0 Å². The van der Waals surface area contributed by atoms with E-state index in [1.807, 2.05) is 18.2 Å². The summed E-state index contributed by atoms with van der Waals surface area (Å²) in [6.45, 7) is 9.56. The van der Waals surface area contributed by atoms with E-state index in [2.05, 4.69) is 149 Å². The number of hydrogen-bond acceptors (Lipinski definition) is 3. The molecule has 0 amide bonds. The van der Waals surface area contributed by atoms with Crippen LogP contribution >= 0.6 is 0 Å². The van der Waals surface area contributed by atoms with E-state index in [4.69, 9.17) is 15.0 Å². The van der Waals surface area contributed by atoms with Crippen LogP contribution in [-0.4, -0.2) is 15.0 Å². The summed E-state index contributed by atoms with van der Waals surface area (Å²) in [5, 5.41) is 7.51. The first-order valence-electron chi connectivity index (χ1n) is 16.7. The third-order valence-electron chi connectivity index (χ3n) is 11.0. The number of fused-ring (bicyclic) bond motifs is 8. The average molecular weight is 618 g/mol. The van der Waals surface area contributed by atoms with Crippen molar-refractivity contribution in [1.82, 2.24) is 15.0 Å². The molecule has 3 heteroatoms. The minimum atomic E-state index is -0.167. The van der Waals surface area contributed by atoms with Crippen LogP contribution < -0.4 is 0 Å². The van der Waals surface area contributed by atoms with E-state index in [1.54, 1.807) is 0 Å². The Morgan fingerprint density at radius 1 is 0.396 bits per heavy atom. The Kier molecular flexibility index (Phi) is 6.20. The van der Waals surface area contributed by atoms with Gasteiger partial charge in [0, 0.05) is 16.7 Å². The summed E-state index contributed by atoms with van der Waals surface area (Å²) in [6.07, 6.45) is 0. The van der Waals surface area contributed by atoms with Crippen molar-refractivity contribution in [1.29, 1.82) is 0 Å². The maximum Gasteiger partial charge on any atom is 0.164 e. The Morgan fingerprint density at radius 2 is 0.938 bits per heavy atom. The van der Waals surface area contributed by atoms with Crippen molar-refractivity contribution in [2.75, 3.05) is 0 Å². The van der Waals surface area contributed by atoms with Crippen molar-refractivity contribution in [2.45, 2.75) is 38.5 Å². The van der Waals surface area contributed by atoms with Gasteiger partial charge in [0.05, 0.1) is 0 Å². The maximum atomic E-state index is 5.15. The smallest absolute Gasteiger partial charge is 0.164 e. The zero-order chi connectivity index (χ0) is 32.6. The highest BCUT2D eigenvalue weighted by molar-refractivity contribution is 6.16. The molecule has 1 aromatic heterocycles. The van der Waals surface area contributed by atoms with Crippen molar-refractivity contribution < 1.29 is 0 Å². The second kappa shape index (κ2) is 10.4. The van der Waals surface area contributed by atoms with Gasteiger partial charge in [-0.1, -0.05) is 155 Å². The minimum Gasteiger partial charge on any atom is -0.208 e. The fourth-order valence-corrected chi connectivity index (χ4v) is 7.67. The molecule has 0 saturated heterocycles. The maximum absolute atomic E-state index is 5.15.